The van der Waals surface area contributed by atoms with Gasteiger partial charge in [-0.25, -0.2) is 0 Å². The van der Waals surface area contributed by atoms with Crippen molar-refractivity contribution in [2.45, 2.75) is 13.0 Å². The normalized spacial score (nSPS) is 11.8. The number of carbonyl (C=O) groups excluding carboxylic acids is 1. The molecule has 1 N–H and O–H groups in total. The second-order valence-corrected chi connectivity index (χ2v) is 5.95. The maximum Gasteiger partial charge on any atom is 0.306 e. The summed E-state index contributed by atoms with van der Waals surface area (Å²) in [4.78, 5) is 11.0. The average Bonchev–Trinajstić information content (AvgIpc) is 2.78. The fourth-order valence-electron chi connectivity index (χ4n) is 1.43. The van der Waals surface area contributed by atoms with E-state index in [0.29, 0.717) is 0 Å². The molecule has 0 aliphatic carbocycles. The second kappa shape index (κ2) is 6.69. The van der Waals surface area contributed by atoms with Gasteiger partial charge in [0.15, 0.2) is 0 Å². The number of carbonyl (C=O) groups is 1. The maximum atomic E-state index is 11.9. The SMILES string of the molecule is COC(=O)CCN(C)S(=O)(=O)NCc1cccn1C. The molecule has 1 aromatic heterocycles. The van der Waals surface area contributed by atoms with Gasteiger partial charge in [-0.15, -0.1) is 0 Å². The molecular formula is C11H19N3O4S. The first-order valence-electron chi connectivity index (χ1n) is 5.74. The van der Waals surface area contributed by atoms with Crippen LogP contribution in [0, 0.1) is 0 Å². The Bertz CT molecular complexity index is 524. The molecule has 0 amide bonds. The van der Waals surface area contributed by atoms with Crippen molar-refractivity contribution in [2.75, 3.05) is 20.7 Å². The smallest absolute Gasteiger partial charge is 0.306 e. The minimum atomic E-state index is -3.59. The predicted molar refractivity (Wildman–Crippen MR) is 70.4 cm³/mol. The molecule has 0 bridgehead atoms. The van der Waals surface area contributed by atoms with Crippen molar-refractivity contribution in [1.29, 1.82) is 0 Å². The zero-order chi connectivity index (χ0) is 14.5. The van der Waals surface area contributed by atoms with Crippen LogP contribution in [0.1, 0.15) is 12.1 Å². The van der Waals surface area contributed by atoms with Gasteiger partial charge >= 0.3 is 5.97 Å². The van der Waals surface area contributed by atoms with Gasteiger partial charge in [-0.3, -0.25) is 4.79 Å². The molecule has 8 heteroatoms. The fourth-order valence-corrected chi connectivity index (χ4v) is 2.31. The highest BCUT2D eigenvalue weighted by atomic mass is 32.2. The lowest BCUT2D eigenvalue weighted by molar-refractivity contribution is -0.140. The number of hydrogen-bond donors (Lipinski definition) is 1. The Morgan fingerprint density at radius 2 is 2.21 bits per heavy atom. The Morgan fingerprint density at radius 3 is 2.74 bits per heavy atom. The minimum Gasteiger partial charge on any atom is -0.469 e. The molecule has 0 saturated heterocycles. The summed E-state index contributed by atoms with van der Waals surface area (Å²) in [5.74, 6) is -0.440. The van der Waals surface area contributed by atoms with Crippen molar-refractivity contribution >= 4 is 16.2 Å². The van der Waals surface area contributed by atoms with Gasteiger partial charge < -0.3 is 9.30 Å². The molecular weight excluding hydrogens is 270 g/mol. The number of rotatable bonds is 7. The molecule has 0 aliphatic rings. The largest absolute Gasteiger partial charge is 0.469 e. The Hall–Kier alpha value is -1.38. The molecule has 0 aliphatic heterocycles. The second-order valence-electron chi connectivity index (χ2n) is 4.08. The van der Waals surface area contributed by atoms with Gasteiger partial charge in [0.2, 0.25) is 0 Å². The number of ether oxygens (including phenoxy) is 1. The molecule has 7 nitrogen and oxygen atoms in total. The van der Waals surface area contributed by atoms with Crippen molar-refractivity contribution in [3.8, 4) is 0 Å². The first kappa shape index (κ1) is 15.7. The van der Waals surface area contributed by atoms with Crippen molar-refractivity contribution in [3.63, 3.8) is 0 Å². The monoisotopic (exact) mass is 289 g/mol. The summed E-state index contributed by atoms with van der Waals surface area (Å²) in [6.07, 6.45) is 1.86. The molecule has 1 rings (SSSR count). The van der Waals surface area contributed by atoms with Crippen molar-refractivity contribution < 1.29 is 17.9 Å². The topological polar surface area (TPSA) is 80.6 Å². The van der Waals surface area contributed by atoms with Crippen LogP contribution in [0.5, 0.6) is 0 Å². The van der Waals surface area contributed by atoms with E-state index in [0.717, 1.165) is 10.00 Å². The third-order valence-electron chi connectivity index (χ3n) is 2.76. The van der Waals surface area contributed by atoms with Crippen LogP contribution in [-0.2, 0) is 33.3 Å². The van der Waals surface area contributed by atoms with E-state index in [1.807, 2.05) is 29.9 Å². The number of aryl methyl sites for hydroxylation is 1. The van der Waals surface area contributed by atoms with Gasteiger partial charge in [0.05, 0.1) is 20.1 Å². The molecule has 0 radical (unpaired) electrons. The van der Waals surface area contributed by atoms with Crippen LogP contribution in [0.15, 0.2) is 18.3 Å². The quantitative estimate of drug-likeness (QED) is 0.708. The van der Waals surface area contributed by atoms with E-state index in [1.165, 1.54) is 14.2 Å². The van der Waals surface area contributed by atoms with E-state index in [4.69, 9.17) is 0 Å². The highest BCUT2D eigenvalue weighted by Crippen LogP contribution is 2.02. The van der Waals surface area contributed by atoms with E-state index in [-0.39, 0.29) is 19.5 Å². The summed E-state index contributed by atoms with van der Waals surface area (Å²) in [6, 6.07) is 3.67. The zero-order valence-electron chi connectivity index (χ0n) is 11.3. The van der Waals surface area contributed by atoms with Gasteiger partial charge in [-0.05, 0) is 12.1 Å². The lowest BCUT2D eigenvalue weighted by atomic mass is 10.4. The molecule has 1 heterocycles. The molecule has 0 fully saturated rings. The minimum absolute atomic E-state index is 0.0259. The summed E-state index contributed by atoms with van der Waals surface area (Å²) in [7, 11) is 0.924. The predicted octanol–water partition coefficient (Wildman–Crippen LogP) is -0.146. The number of nitrogens with one attached hydrogen (secondary N) is 1. The van der Waals surface area contributed by atoms with Crippen LogP contribution in [0.25, 0.3) is 0 Å². The maximum absolute atomic E-state index is 11.9. The number of nitrogens with zero attached hydrogens (tertiary/aromatic N) is 2. The number of methoxy groups -OCH3 is 1. The van der Waals surface area contributed by atoms with Crippen molar-refractivity contribution in [1.82, 2.24) is 13.6 Å². The van der Waals surface area contributed by atoms with Crippen LogP contribution >= 0.6 is 0 Å². The molecule has 0 atom stereocenters. The van der Waals surface area contributed by atoms with Crippen molar-refractivity contribution in [3.05, 3.63) is 24.0 Å². The van der Waals surface area contributed by atoms with Gasteiger partial charge in [0.1, 0.15) is 0 Å². The molecule has 108 valence electrons. The first-order valence-corrected chi connectivity index (χ1v) is 7.19. The van der Waals surface area contributed by atoms with Crippen LogP contribution < -0.4 is 4.72 Å². The van der Waals surface area contributed by atoms with E-state index in [2.05, 4.69) is 9.46 Å². The van der Waals surface area contributed by atoms with E-state index >= 15 is 0 Å². The lowest BCUT2D eigenvalue weighted by Gasteiger charge is -2.17. The molecule has 0 spiro atoms. The Kier molecular flexibility index (Phi) is 5.52. The van der Waals surface area contributed by atoms with Gasteiger partial charge in [0.25, 0.3) is 10.2 Å². The summed E-state index contributed by atoms with van der Waals surface area (Å²) < 4.78 is 33.6. The molecule has 1 aromatic rings. The number of esters is 1. The van der Waals surface area contributed by atoms with E-state index in [1.54, 1.807) is 0 Å². The molecule has 0 saturated carbocycles. The zero-order valence-corrected chi connectivity index (χ0v) is 12.1. The highest BCUT2D eigenvalue weighted by molar-refractivity contribution is 7.87. The van der Waals surface area contributed by atoms with Crippen LogP contribution in [0.2, 0.25) is 0 Å². The Balaban J connectivity index is 2.51. The fraction of sp³-hybridized carbons (Fsp3) is 0.545. The van der Waals surface area contributed by atoms with Crippen LogP contribution in [0.4, 0.5) is 0 Å². The van der Waals surface area contributed by atoms with Crippen LogP contribution in [-0.4, -0.2) is 44.0 Å². The van der Waals surface area contributed by atoms with Gasteiger partial charge in [-0.1, -0.05) is 0 Å². The average molecular weight is 289 g/mol. The first-order chi connectivity index (χ1) is 8.86. The van der Waals surface area contributed by atoms with Crippen LogP contribution in [0.3, 0.4) is 0 Å². The molecule has 0 unspecified atom stereocenters. The Labute approximate surface area is 113 Å². The third-order valence-corrected chi connectivity index (χ3v) is 4.27. The third kappa shape index (κ3) is 4.66. The van der Waals surface area contributed by atoms with Crippen molar-refractivity contribution in [2.24, 2.45) is 7.05 Å². The number of hydrogen-bond acceptors (Lipinski definition) is 4. The molecule has 0 aromatic carbocycles. The summed E-state index contributed by atoms with van der Waals surface area (Å²) in [5.41, 5.74) is 0.852. The Morgan fingerprint density at radius 1 is 1.53 bits per heavy atom. The highest BCUT2D eigenvalue weighted by Gasteiger charge is 2.18. The number of aromatic nitrogens is 1. The standard InChI is InChI=1S/C11H19N3O4S/c1-13-7-4-5-10(13)9-12-19(16,17)14(2)8-6-11(15)18-3/h4-5,7,12H,6,8-9H2,1-3H3. The molecule has 19 heavy (non-hydrogen) atoms. The lowest BCUT2D eigenvalue weighted by Crippen LogP contribution is -2.39. The van der Waals surface area contributed by atoms with Gasteiger partial charge in [-0.2, -0.15) is 17.4 Å². The summed E-state index contributed by atoms with van der Waals surface area (Å²) in [5, 5.41) is 0. The van der Waals surface area contributed by atoms with E-state index in [9.17, 15) is 13.2 Å². The van der Waals surface area contributed by atoms with E-state index < -0.39 is 16.2 Å². The summed E-state index contributed by atoms with van der Waals surface area (Å²) >= 11 is 0. The van der Waals surface area contributed by atoms with Gasteiger partial charge in [0, 0.05) is 32.5 Å². The summed E-state index contributed by atoms with van der Waals surface area (Å²) in [6.45, 7) is 0.281.